The van der Waals surface area contributed by atoms with Crippen LogP contribution in [-0.4, -0.2) is 29.3 Å². The smallest absolute Gasteiger partial charge is 0.282 e. The van der Waals surface area contributed by atoms with E-state index in [1.165, 1.54) is 4.68 Å². The molecule has 0 amide bonds. The molecule has 0 radical (unpaired) electrons. The van der Waals surface area contributed by atoms with E-state index in [1.54, 1.807) is 48.7 Å². The van der Waals surface area contributed by atoms with E-state index >= 15 is 0 Å². The quantitative estimate of drug-likeness (QED) is 0.174. The van der Waals surface area contributed by atoms with Crippen molar-refractivity contribution < 1.29 is 23.4 Å². The number of halogens is 1. The van der Waals surface area contributed by atoms with Gasteiger partial charge in [0.2, 0.25) is 12.6 Å². The van der Waals surface area contributed by atoms with Crippen LogP contribution in [0.2, 0.25) is 5.02 Å². The van der Waals surface area contributed by atoms with E-state index in [0.717, 1.165) is 16.7 Å². The van der Waals surface area contributed by atoms with Crippen molar-refractivity contribution in [2.75, 3.05) is 13.4 Å². The van der Waals surface area contributed by atoms with Gasteiger partial charge in [-0.3, -0.25) is 4.79 Å². The van der Waals surface area contributed by atoms with E-state index in [1.807, 2.05) is 49.4 Å². The van der Waals surface area contributed by atoms with Crippen molar-refractivity contribution in [3.8, 4) is 34.6 Å². The lowest BCUT2D eigenvalue weighted by Gasteiger charge is -2.13. The maximum Gasteiger partial charge on any atom is 0.282 e. The van der Waals surface area contributed by atoms with Crippen molar-refractivity contribution in [1.29, 1.82) is 0 Å². The van der Waals surface area contributed by atoms with Gasteiger partial charge in [0.1, 0.15) is 12.2 Å². The molecule has 43 heavy (non-hydrogen) atoms. The van der Waals surface area contributed by atoms with Crippen LogP contribution in [0.3, 0.4) is 0 Å². The summed E-state index contributed by atoms with van der Waals surface area (Å²) in [6.45, 7) is 2.87. The Balaban J connectivity index is 1.22. The van der Waals surface area contributed by atoms with E-state index < -0.39 is 0 Å². The average molecular weight is 594 g/mol. The average Bonchev–Trinajstić information content (AvgIpc) is 3.67. The lowest BCUT2D eigenvalue weighted by atomic mass is 10.2. The van der Waals surface area contributed by atoms with Gasteiger partial charge in [-0.2, -0.15) is 9.78 Å². The standard InChI is InChI=1S/C33H24ClN3O6/c1-2-39-29-13-20(7-10-27(29)40-18-21-8-11-28-30(14-21)42-19-41-28)17-35-37-32(36-25-6-4-3-5-24(25)33(37)38)31-16-22-15-23(34)9-12-26(22)43-31/h3-17H,2,18-19H2,1H3. The van der Waals surface area contributed by atoms with E-state index in [4.69, 9.17) is 39.9 Å². The normalized spacial score (nSPS) is 12.4. The largest absolute Gasteiger partial charge is 0.490 e. The molecule has 4 aromatic carbocycles. The third-order valence-corrected chi connectivity index (χ3v) is 7.11. The van der Waals surface area contributed by atoms with E-state index in [-0.39, 0.29) is 18.2 Å². The summed E-state index contributed by atoms with van der Waals surface area (Å²) in [7, 11) is 0. The molecule has 10 heteroatoms. The molecule has 0 N–H and O–H groups in total. The van der Waals surface area contributed by atoms with Gasteiger partial charge in [0.15, 0.2) is 28.8 Å². The predicted molar refractivity (Wildman–Crippen MR) is 164 cm³/mol. The summed E-state index contributed by atoms with van der Waals surface area (Å²) in [5, 5.41) is 6.36. The maximum absolute atomic E-state index is 13.6. The van der Waals surface area contributed by atoms with E-state index in [0.29, 0.717) is 63.3 Å². The lowest BCUT2D eigenvalue weighted by molar-refractivity contribution is 0.174. The molecule has 0 saturated heterocycles. The SMILES string of the molecule is CCOc1cc(C=Nn2c(-c3cc4cc(Cl)ccc4o3)nc3ccccc3c2=O)ccc1OCc1ccc2c(c1)OCO2. The Kier molecular flexibility index (Phi) is 6.92. The second-order valence-electron chi connectivity index (χ2n) is 9.72. The minimum Gasteiger partial charge on any atom is -0.490 e. The summed E-state index contributed by atoms with van der Waals surface area (Å²) in [5.41, 5.74) is 2.45. The van der Waals surface area contributed by atoms with Gasteiger partial charge in [0, 0.05) is 10.4 Å². The summed E-state index contributed by atoms with van der Waals surface area (Å²) in [6, 6.07) is 25.4. The molecule has 1 aliphatic rings. The van der Waals surface area contributed by atoms with Crippen LogP contribution in [-0.2, 0) is 6.61 Å². The third-order valence-electron chi connectivity index (χ3n) is 6.87. The summed E-state index contributed by atoms with van der Waals surface area (Å²) in [6.07, 6.45) is 1.57. The number of aromatic nitrogens is 2. The molecule has 0 saturated carbocycles. The summed E-state index contributed by atoms with van der Waals surface area (Å²) < 4.78 is 30.1. The van der Waals surface area contributed by atoms with E-state index in [9.17, 15) is 4.79 Å². The first-order chi connectivity index (χ1) is 21.1. The molecule has 0 bridgehead atoms. The fourth-order valence-corrected chi connectivity index (χ4v) is 5.00. The Morgan fingerprint density at radius 2 is 1.84 bits per heavy atom. The van der Waals surface area contributed by atoms with Crippen LogP contribution < -0.4 is 24.5 Å². The first-order valence-corrected chi connectivity index (χ1v) is 14.0. The molecule has 0 fully saturated rings. The predicted octanol–water partition coefficient (Wildman–Crippen LogP) is 7.05. The number of furan rings is 1. The highest BCUT2D eigenvalue weighted by Crippen LogP contribution is 2.34. The summed E-state index contributed by atoms with van der Waals surface area (Å²) in [5.74, 6) is 3.19. The number of benzene rings is 4. The highest BCUT2D eigenvalue weighted by molar-refractivity contribution is 6.31. The second-order valence-corrected chi connectivity index (χ2v) is 10.2. The van der Waals surface area contributed by atoms with Gasteiger partial charge in [-0.05, 0) is 84.8 Å². The van der Waals surface area contributed by atoms with Gasteiger partial charge < -0.3 is 23.4 Å². The van der Waals surface area contributed by atoms with Crippen LogP contribution in [0.25, 0.3) is 33.5 Å². The fraction of sp³-hybridized carbons (Fsp3) is 0.121. The van der Waals surface area contributed by atoms with Crippen molar-refractivity contribution in [2.45, 2.75) is 13.5 Å². The minimum atomic E-state index is -0.330. The molecule has 9 nitrogen and oxygen atoms in total. The van der Waals surface area contributed by atoms with Crippen molar-refractivity contribution >= 4 is 39.7 Å². The lowest BCUT2D eigenvalue weighted by Crippen LogP contribution is -2.20. The van der Waals surface area contributed by atoms with Crippen molar-refractivity contribution in [1.82, 2.24) is 9.66 Å². The Bertz CT molecular complexity index is 2080. The molecule has 6 aromatic rings. The molecular weight excluding hydrogens is 570 g/mol. The highest BCUT2D eigenvalue weighted by atomic mass is 35.5. The second kappa shape index (κ2) is 11.2. The summed E-state index contributed by atoms with van der Waals surface area (Å²) >= 11 is 6.18. The first kappa shape index (κ1) is 26.6. The monoisotopic (exact) mass is 593 g/mol. The molecule has 0 atom stereocenters. The van der Waals surface area contributed by atoms with Crippen LogP contribution in [0.4, 0.5) is 0 Å². The van der Waals surface area contributed by atoms with Crippen LogP contribution in [0, 0.1) is 0 Å². The molecule has 0 spiro atoms. The Morgan fingerprint density at radius 3 is 2.74 bits per heavy atom. The zero-order chi connectivity index (χ0) is 29.3. The van der Waals surface area contributed by atoms with Crippen LogP contribution >= 0.6 is 11.6 Å². The van der Waals surface area contributed by atoms with Gasteiger partial charge in [-0.25, -0.2) is 4.98 Å². The molecule has 0 aliphatic carbocycles. The number of para-hydroxylation sites is 1. The van der Waals surface area contributed by atoms with Gasteiger partial charge in [0.25, 0.3) is 5.56 Å². The van der Waals surface area contributed by atoms with Crippen LogP contribution in [0.15, 0.2) is 99.2 Å². The first-order valence-electron chi connectivity index (χ1n) is 13.6. The minimum absolute atomic E-state index is 0.215. The van der Waals surface area contributed by atoms with Gasteiger partial charge in [-0.1, -0.05) is 29.8 Å². The molecule has 0 unspecified atom stereocenters. The zero-order valence-electron chi connectivity index (χ0n) is 23.0. The van der Waals surface area contributed by atoms with Gasteiger partial charge >= 0.3 is 0 Å². The van der Waals surface area contributed by atoms with Crippen molar-refractivity contribution in [3.63, 3.8) is 0 Å². The molecular formula is C33H24ClN3O6. The van der Waals surface area contributed by atoms with Crippen molar-refractivity contribution in [2.24, 2.45) is 5.10 Å². The summed E-state index contributed by atoms with van der Waals surface area (Å²) in [4.78, 5) is 18.3. The topological polar surface area (TPSA) is 97.3 Å². The fourth-order valence-electron chi connectivity index (χ4n) is 4.82. The van der Waals surface area contributed by atoms with E-state index in [2.05, 4.69) is 5.10 Å². The van der Waals surface area contributed by atoms with Crippen LogP contribution in [0.1, 0.15) is 18.1 Å². The maximum atomic E-state index is 13.6. The van der Waals surface area contributed by atoms with Crippen LogP contribution in [0.5, 0.6) is 23.0 Å². The third kappa shape index (κ3) is 5.26. The van der Waals surface area contributed by atoms with Crippen molar-refractivity contribution in [3.05, 3.63) is 111 Å². The molecule has 2 aromatic heterocycles. The molecule has 3 heterocycles. The Hall–Kier alpha value is -5.28. The number of rotatable bonds is 8. The number of nitrogens with zero attached hydrogens (tertiary/aromatic N) is 3. The number of hydrogen-bond acceptors (Lipinski definition) is 8. The van der Waals surface area contributed by atoms with Gasteiger partial charge in [-0.15, -0.1) is 0 Å². The Morgan fingerprint density at radius 1 is 0.953 bits per heavy atom. The number of fused-ring (bicyclic) bond motifs is 3. The number of hydrogen-bond donors (Lipinski definition) is 0. The molecule has 7 rings (SSSR count). The highest BCUT2D eigenvalue weighted by Gasteiger charge is 2.17. The molecule has 214 valence electrons. The zero-order valence-corrected chi connectivity index (χ0v) is 23.7. The Labute approximate surface area is 250 Å². The number of ether oxygens (including phenoxy) is 4. The molecule has 1 aliphatic heterocycles. The van der Waals surface area contributed by atoms with Gasteiger partial charge in [0.05, 0.1) is 23.7 Å².